The van der Waals surface area contributed by atoms with Gasteiger partial charge in [0.05, 0.1) is 29.6 Å². The first-order valence-electron chi connectivity index (χ1n) is 15.1. The maximum absolute atomic E-state index is 15.1. The third kappa shape index (κ3) is 3.49. The van der Waals surface area contributed by atoms with Crippen LogP contribution < -0.4 is 0 Å². The number of rotatable bonds is 3. The van der Waals surface area contributed by atoms with Gasteiger partial charge in [0.1, 0.15) is 24.1 Å². The molecular weight excluding hydrogens is 564 g/mol. The zero-order valence-electron chi connectivity index (χ0n) is 25.1. The summed E-state index contributed by atoms with van der Waals surface area (Å²) in [5.74, 6) is -8.28. The molecule has 234 valence electrons. The summed E-state index contributed by atoms with van der Waals surface area (Å²) in [4.78, 5) is 66.3. The van der Waals surface area contributed by atoms with Crippen molar-refractivity contribution in [3.8, 4) is 0 Å². The van der Waals surface area contributed by atoms with Gasteiger partial charge in [0.2, 0.25) is 11.6 Å². The smallest absolute Gasteiger partial charge is 0.341 e. The van der Waals surface area contributed by atoms with Gasteiger partial charge < -0.3 is 33.9 Å². The molecule has 5 heterocycles. The fourth-order valence-corrected chi connectivity index (χ4v) is 10.0. The third-order valence-electron chi connectivity index (χ3n) is 11.7. The van der Waals surface area contributed by atoms with Crippen molar-refractivity contribution in [1.82, 2.24) is 0 Å². The molecule has 2 aliphatic carbocycles. The van der Waals surface area contributed by atoms with E-state index in [1.54, 1.807) is 13.8 Å². The zero-order chi connectivity index (χ0) is 31.2. The minimum absolute atomic E-state index is 0.0928. The maximum Gasteiger partial charge on any atom is 0.341 e. The van der Waals surface area contributed by atoms with Crippen molar-refractivity contribution in [2.45, 2.75) is 121 Å². The van der Waals surface area contributed by atoms with Crippen LogP contribution in [0.15, 0.2) is 11.1 Å². The van der Waals surface area contributed by atoms with Gasteiger partial charge in [-0.3, -0.25) is 19.2 Å². The Balaban J connectivity index is 1.43. The second-order valence-corrected chi connectivity index (χ2v) is 14.6. The molecule has 2 bridgehead atoms. The number of carboxylic acid groups (broad SMARTS) is 1. The van der Waals surface area contributed by atoms with E-state index >= 15 is 4.79 Å². The predicted molar refractivity (Wildman–Crippen MR) is 142 cm³/mol. The standard InChI is InChI=1S/C31H38O12/c1-12-19-21-25(29(6,38)26(37)40-21)42-31-22(19)28(5,23(12)35)7-8-30(43-31)11-14-15(27(3,4)41-16(14)10-18(33)34)9-17(39-13(2)32)20(30)24(31)36/h12,16-17,19-22,25,38H,7-11H2,1-6H3,(H,33,34). The van der Waals surface area contributed by atoms with Gasteiger partial charge in [-0.25, -0.2) is 4.79 Å². The van der Waals surface area contributed by atoms with E-state index in [1.807, 2.05) is 13.8 Å². The summed E-state index contributed by atoms with van der Waals surface area (Å²) in [6, 6.07) is 0. The van der Waals surface area contributed by atoms with E-state index in [0.717, 1.165) is 5.57 Å². The van der Waals surface area contributed by atoms with E-state index in [0.29, 0.717) is 12.0 Å². The number of fused-ring (bicyclic) bond motifs is 2. The van der Waals surface area contributed by atoms with Crippen LogP contribution in [-0.2, 0) is 47.7 Å². The highest BCUT2D eigenvalue weighted by Gasteiger charge is 2.83. The number of aliphatic carboxylic acids is 1. The molecule has 0 aromatic heterocycles. The van der Waals surface area contributed by atoms with Crippen molar-refractivity contribution in [3.05, 3.63) is 11.1 Å². The Morgan fingerprint density at radius 2 is 1.74 bits per heavy atom. The molecule has 5 fully saturated rings. The lowest BCUT2D eigenvalue weighted by molar-refractivity contribution is -0.336. The van der Waals surface area contributed by atoms with Gasteiger partial charge in [0.15, 0.2) is 5.60 Å². The second kappa shape index (κ2) is 8.52. The summed E-state index contributed by atoms with van der Waals surface area (Å²) in [7, 11) is 0. The summed E-state index contributed by atoms with van der Waals surface area (Å²) in [5.41, 5.74) is -3.95. The molecule has 12 atom stereocenters. The van der Waals surface area contributed by atoms with Gasteiger partial charge in [-0.05, 0) is 44.8 Å². The fraction of sp³-hybridized carbons (Fsp3) is 0.774. The number of Topliss-reactive ketones (excluding diaryl/α,β-unsaturated/α-hetero) is 2. The molecule has 7 aliphatic rings. The number of ketones is 2. The molecule has 0 aromatic rings. The quantitative estimate of drug-likeness (QED) is 0.354. The number of hydrogen-bond acceptors (Lipinski definition) is 11. The lowest BCUT2D eigenvalue weighted by Gasteiger charge is -2.50. The maximum atomic E-state index is 15.1. The van der Waals surface area contributed by atoms with Crippen LogP contribution in [0.25, 0.3) is 0 Å². The van der Waals surface area contributed by atoms with Crippen molar-refractivity contribution in [2.75, 3.05) is 0 Å². The normalized spacial score (nSPS) is 50.7. The molecule has 12 nitrogen and oxygen atoms in total. The van der Waals surface area contributed by atoms with Gasteiger partial charge in [0, 0.05) is 42.9 Å². The molecular formula is C31H38O12. The van der Waals surface area contributed by atoms with Crippen molar-refractivity contribution in [1.29, 1.82) is 0 Å². The molecule has 1 saturated carbocycles. The molecule has 5 aliphatic heterocycles. The van der Waals surface area contributed by atoms with Gasteiger partial charge in [-0.2, -0.15) is 0 Å². The third-order valence-corrected chi connectivity index (χ3v) is 11.7. The van der Waals surface area contributed by atoms with Crippen molar-refractivity contribution in [2.24, 2.45) is 29.1 Å². The molecule has 7 rings (SSSR count). The van der Waals surface area contributed by atoms with Crippen LogP contribution in [0.5, 0.6) is 0 Å². The monoisotopic (exact) mass is 602 g/mol. The van der Waals surface area contributed by atoms with Crippen LogP contribution in [0, 0.1) is 29.1 Å². The molecule has 2 N–H and O–H groups in total. The van der Waals surface area contributed by atoms with Crippen molar-refractivity contribution < 1.29 is 57.9 Å². The number of carboxylic acids is 1. The number of hydrogen-bond donors (Lipinski definition) is 2. The first-order chi connectivity index (χ1) is 19.9. The van der Waals surface area contributed by atoms with Gasteiger partial charge in [-0.15, -0.1) is 0 Å². The van der Waals surface area contributed by atoms with Crippen LogP contribution in [0.1, 0.15) is 73.6 Å². The zero-order valence-corrected chi connectivity index (χ0v) is 25.1. The average molecular weight is 603 g/mol. The summed E-state index contributed by atoms with van der Waals surface area (Å²) in [6.45, 7) is 9.74. The van der Waals surface area contributed by atoms with E-state index < -0.39 is 99.8 Å². The minimum Gasteiger partial charge on any atom is -0.481 e. The Kier molecular flexibility index (Phi) is 5.76. The topological polar surface area (TPSA) is 172 Å². The van der Waals surface area contributed by atoms with Crippen LogP contribution in [0.4, 0.5) is 0 Å². The van der Waals surface area contributed by atoms with Gasteiger partial charge in [0.25, 0.3) is 0 Å². The Morgan fingerprint density at radius 1 is 1.05 bits per heavy atom. The molecule has 0 amide bonds. The molecule has 0 radical (unpaired) electrons. The van der Waals surface area contributed by atoms with E-state index in [1.165, 1.54) is 13.8 Å². The molecule has 12 heteroatoms. The Morgan fingerprint density at radius 3 is 2.40 bits per heavy atom. The highest BCUT2D eigenvalue weighted by atomic mass is 16.7. The minimum atomic E-state index is -2.10. The largest absolute Gasteiger partial charge is 0.481 e. The first kappa shape index (κ1) is 29.1. The van der Waals surface area contributed by atoms with Crippen LogP contribution in [-0.4, -0.2) is 86.7 Å². The number of esters is 2. The Hall–Kier alpha value is -2.67. The summed E-state index contributed by atoms with van der Waals surface area (Å²) in [5, 5.41) is 21.0. The molecule has 4 saturated heterocycles. The SMILES string of the molecule is CC(=O)OC1CC2=C(CC34CCC5(C)C(=O)C(C)C6C7OC(=O)C(C)(O)C7OC(O3)(C(=O)C14)C65)C(CC(=O)O)OC2(C)C. The average Bonchev–Trinajstić information content (AvgIpc) is 3.35. The Bertz CT molecular complexity index is 1410. The number of carbonyl (C=O) groups excluding carboxylic acids is 4. The summed E-state index contributed by atoms with van der Waals surface area (Å²) < 4.78 is 31.3. The molecule has 12 unspecified atom stereocenters. The van der Waals surface area contributed by atoms with E-state index in [2.05, 4.69) is 0 Å². The van der Waals surface area contributed by atoms with Crippen molar-refractivity contribution >= 4 is 29.5 Å². The van der Waals surface area contributed by atoms with E-state index in [4.69, 9.17) is 23.7 Å². The number of aliphatic hydroxyl groups is 1. The van der Waals surface area contributed by atoms with Crippen LogP contribution in [0.3, 0.4) is 0 Å². The lowest BCUT2D eigenvalue weighted by atomic mass is 9.60. The fourth-order valence-electron chi connectivity index (χ4n) is 10.0. The van der Waals surface area contributed by atoms with Gasteiger partial charge in [-0.1, -0.05) is 13.8 Å². The summed E-state index contributed by atoms with van der Waals surface area (Å²) >= 11 is 0. The van der Waals surface area contributed by atoms with Crippen LogP contribution in [0.2, 0.25) is 0 Å². The molecule has 43 heavy (non-hydrogen) atoms. The van der Waals surface area contributed by atoms with E-state index in [9.17, 15) is 29.4 Å². The molecule has 2 spiro atoms. The highest BCUT2D eigenvalue weighted by Crippen LogP contribution is 2.70. The molecule has 0 aromatic carbocycles. The van der Waals surface area contributed by atoms with Gasteiger partial charge >= 0.3 is 17.9 Å². The van der Waals surface area contributed by atoms with Crippen molar-refractivity contribution in [3.63, 3.8) is 0 Å². The van der Waals surface area contributed by atoms with Crippen LogP contribution >= 0.6 is 0 Å². The highest BCUT2D eigenvalue weighted by molar-refractivity contribution is 5.98. The first-order valence-corrected chi connectivity index (χ1v) is 15.1. The Labute approximate surface area is 248 Å². The lowest BCUT2D eigenvalue weighted by Crippen LogP contribution is -2.66. The van der Waals surface area contributed by atoms with E-state index in [-0.39, 0.29) is 31.5 Å². The number of carbonyl (C=O) groups is 5. The number of ether oxygens (including phenoxy) is 5. The predicted octanol–water partition coefficient (Wildman–Crippen LogP) is 1.64. The summed E-state index contributed by atoms with van der Waals surface area (Å²) in [6.07, 6.45) is -3.54. The second-order valence-electron chi connectivity index (χ2n) is 14.6.